The van der Waals surface area contributed by atoms with Crippen molar-refractivity contribution in [3.8, 4) is 11.8 Å². The fourth-order valence-corrected chi connectivity index (χ4v) is 2.03. The smallest absolute Gasteiger partial charge is 0.253 e. The average molecular weight is 320 g/mol. The first-order valence-electron chi connectivity index (χ1n) is 7.63. The van der Waals surface area contributed by atoms with Crippen LogP contribution in [0.3, 0.4) is 0 Å². The monoisotopic (exact) mass is 320 g/mol. The molecular weight excluding hydrogens is 300 g/mol. The van der Waals surface area contributed by atoms with Crippen LogP contribution < -0.4 is 5.32 Å². The molecule has 4 heteroatoms. The molecule has 2 rings (SSSR count). The molecule has 0 aromatic heterocycles. The zero-order chi connectivity index (χ0) is 17.5. The summed E-state index contributed by atoms with van der Waals surface area (Å²) in [6.07, 6.45) is 0. The molecule has 122 valence electrons. The Bertz CT molecular complexity index is 779. The minimum atomic E-state index is -0.142. The SMILES string of the molecule is Cc1ccc(C(=O)NCC#Cc2ccc(C(=O)N(C)C)cc2)cc1. The first-order valence-corrected chi connectivity index (χ1v) is 7.63. The van der Waals surface area contributed by atoms with Crippen molar-refractivity contribution in [1.29, 1.82) is 0 Å². The lowest BCUT2D eigenvalue weighted by Gasteiger charge is -2.09. The van der Waals surface area contributed by atoms with Gasteiger partial charge in [0.15, 0.2) is 0 Å². The lowest BCUT2D eigenvalue weighted by Crippen LogP contribution is -2.23. The Morgan fingerprint density at radius 2 is 1.54 bits per heavy atom. The third kappa shape index (κ3) is 4.72. The highest BCUT2D eigenvalue weighted by Gasteiger charge is 2.06. The van der Waals surface area contributed by atoms with E-state index < -0.39 is 0 Å². The van der Waals surface area contributed by atoms with E-state index in [9.17, 15) is 9.59 Å². The van der Waals surface area contributed by atoms with Gasteiger partial charge in [-0.3, -0.25) is 9.59 Å². The van der Waals surface area contributed by atoms with Gasteiger partial charge in [0.25, 0.3) is 11.8 Å². The zero-order valence-electron chi connectivity index (χ0n) is 14.1. The Labute approximate surface area is 142 Å². The van der Waals surface area contributed by atoms with Crippen molar-refractivity contribution in [2.45, 2.75) is 6.92 Å². The molecule has 24 heavy (non-hydrogen) atoms. The summed E-state index contributed by atoms with van der Waals surface area (Å²) < 4.78 is 0. The van der Waals surface area contributed by atoms with Crippen LogP contribution >= 0.6 is 0 Å². The number of hydrogen-bond donors (Lipinski definition) is 1. The number of nitrogens with one attached hydrogen (secondary N) is 1. The molecule has 0 radical (unpaired) electrons. The van der Waals surface area contributed by atoms with Crippen molar-refractivity contribution in [2.75, 3.05) is 20.6 Å². The first-order chi connectivity index (χ1) is 11.5. The Hall–Kier alpha value is -3.06. The first kappa shape index (κ1) is 17.3. The predicted octanol–water partition coefficient (Wildman–Crippen LogP) is 2.48. The van der Waals surface area contributed by atoms with Gasteiger partial charge in [-0.1, -0.05) is 29.5 Å². The molecule has 0 spiro atoms. The van der Waals surface area contributed by atoms with Gasteiger partial charge >= 0.3 is 0 Å². The zero-order valence-corrected chi connectivity index (χ0v) is 14.1. The summed E-state index contributed by atoms with van der Waals surface area (Å²) in [6, 6.07) is 14.5. The summed E-state index contributed by atoms with van der Waals surface area (Å²) in [7, 11) is 3.43. The Morgan fingerprint density at radius 3 is 2.12 bits per heavy atom. The second-order valence-electron chi connectivity index (χ2n) is 5.63. The molecule has 4 nitrogen and oxygen atoms in total. The molecule has 0 atom stereocenters. The van der Waals surface area contributed by atoms with Crippen molar-refractivity contribution in [1.82, 2.24) is 10.2 Å². The summed E-state index contributed by atoms with van der Waals surface area (Å²) in [5.41, 5.74) is 3.16. The highest BCUT2D eigenvalue weighted by Crippen LogP contribution is 2.05. The fourth-order valence-electron chi connectivity index (χ4n) is 2.03. The van der Waals surface area contributed by atoms with Crippen LogP contribution in [0.5, 0.6) is 0 Å². The Kier molecular flexibility index (Phi) is 5.75. The maximum atomic E-state index is 11.9. The van der Waals surface area contributed by atoms with Crippen LogP contribution in [0, 0.1) is 18.8 Å². The summed E-state index contributed by atoms with van der Waals surface area (Å²) in [4.78, 5) is 25.2. The van der Waals surface area contributed by atoms with E-state index in [0.29, 0.717) is 11.1 Å². The molecule has 2 aromatic rings. The van der Waals surface area contributed by atoms with Crippen LogP contribution in [0.1, 0.15) is 31.8 Å². The number of hydrogen-bond acceptors (Lipinski definition) is 2. The van der Waals surface area contributed by atoms with Crippen molar-refractivity contribution in [3.05, 3.63) is 70.8 Å². The van der Waals surface area contributed by atoms with E-state index in [1.165, 1.54) is 4.90 Å². The largest absolute Gasteiger partial charge is 0.345 e. The second kappa shape index (κ2) is 7.98. The lowest BCUT2D eigenvalue weighted by atomic mass is 10.1. The van der Waals surface area contributed by atoms with E-state index >= 15 is 0 Å². The second-order valence-corrected chi connectivity index (χ2v) is 5.63. The summed E-state index contributed by atoms with van der Waals surface area (Å²) in [5.74, 6) is 5.69. The maximum absolute atomic E-state index is 11.9. The van der Waals surface area contributed by atoms with Gasteiger partial charge in [-0.15, -0.1) is 0 Å². The minimum absolute atomic E-state index is 0.0418. The standard InChI is InChI=1S/C20H20N2O2/c1-15-6-10-17(11-7-15)19(23)21-14-4-5-16-8-12-18(13-9-16)20(24)22(2)3/h6-13H,14H2,1-3H3,(H,21,23). The summed E-state index contributed by atoms with van der Waals surface area (Å²) >= 11 is 0. The minimum Gasteiger partial charge on any atom is -0.345 e. The molecule has 1 N–H and O–H groups in total. The van der Waals surface area contributed by atoms with Gasteiger partial charge < -0.3 is 10.2 Å². The van der Waals surface area contributed by atoms with Crippen LogP contribution in [-0.2, 0) is 0 Å². The van der Waals surface area contributed by atoms with Gasteiger partial charge in [0.05, 0.1) is 6.54 Å². The number of carbonyl (C=O) groups is 2. The molecule has 2 amide bonds. The molecule has 0 heterocycles. The van der Waals surface area contributed by atoms with Gasteiger partial charge in [0.1, 0.15) is 0 Å². The van der Waals surface area contributed by atoms with Crippen LogP contribution in [0.4, 0.5) is 0 Å². The van der Waals surface area contributed by atoms with E-state index in [0.717, 1.165) is 11.1 Å². The van der Waals surface area contributed by atoms with Crippen LogP contribution in [0.15, 0.2) is 48.5 Å². The van der Waals surface area contributed by atoms with E-state index in [1.54, 1.807) is 50.5 Å². The summed E-state index contributed by atoms with van der Waals surface area (Å²) in [5, 5.41) is 2.76. The van der Waals surface area contributed by atoms with Gasteiger partial charge in [-0.25, -0.2) is 0 Å². The van der Waals surface area contributed by atoms with Crippen LogP contribution in [0.25, 0.3) is 0 Å². The molecular formula is C20H20N2O2. The van der Waals surface area contributed by atoms with Crippen LogP contribution in [-0.4, -0.2) is 37.4 Å². The highest BCUT2D eigenvalue weighted by molar-refractivity contribution is 5.94. The molecule has 0 aliphatic heterocycles. The Morgan fingerprint density at radius 1 is 0.958 bits per heavy atom. The molecule has 2 aromatic carbocycles. The number of carbonyl (C=O) groups excluding carboxylic acids is 2. The van der Waals surface area contributed by atoms with E-state index in [1.807, 2.05) is 19.1 Å². The topological polar surface area (TPSA) is 49.4 Å². The average Bonchev–Trinajstić information content (AvgIpc) is 2.59. The predicted molar refractivity (Wildman–Crippen MR) is 94.8 cm³/mol. The van der Waals surface area contributed by atoms with Gasteiger partial charge in [0, 0.05) is 30.8 Å². The van der Waals surface area contributed by atoms with Gasteiger partial charge in [-0.05, 0) is 43.3 Å². The van der Waals surface area contributed by atoms with E-state index in [4.69, 9.17) is 0 Å². The molecule has 0 aliphatic carbocycles. The molecule has 0 unspecified atom stereocenters. The van der Waals surface area contributed by atoms with Crippen LogP contribution in [0.2, 0.25) is 0 Å². The van der Waals surface area contributed by atoms with Gasteiger partial charge in [0.2, 0.25) is 0 Å². The number of nitrogens with zero attached hydrogens (tertiary/aromatic N) is 1. The summed E-state index contributed by atoms with van der Waals surface area (Å²) in [6.45, 7) is 2.25. The molecule has 0 saturated heterocycles. The van der Waals surface area contributed by atoms with Crippen molar-refractivity contribution < 1.29 is 9.59 Å². The molecule has 0 aliphatic rings. The molecule has 0 saturated carbocycles. The number of benzene rings is 2. The number of amides is 2. The van der Waals surface area contributed by atoms with Crippen molar-refractivity contribution >= 4 is 11.8 Å². The number of rotatable bonds is 3. The maximum Gasteiger partial charge on any atom is 0.253 e. The van der Waals surface area contributed by atoms with Crippen molar-refractivity contribution in [2.24, 2.45) is 0 Å². The third-order valence-corrected chi connectivity index (χ3v) is 3.42. The van der Waals surface area contributed by atoms with Crippen molar-refractivity contribution in [3.63, 3.8) is 0 Å². The lowest BCUT2D eigenvalue weighted by molar-refractivity contribution is 0.0827. The highest BCUT2D eigenvalue weighted by atomic mass is 16.2. The fraction of sp³-hybridized carbons (Fsp3) is 0.200. The molecule has 0 fully saturated rings. The quantitative estimate of drug-likeness (QED) is 0.883. The molecule has 0 bridgehead atoms. The third-order valence-electron chi connectivity index (χ3n) is 3.42. The Balaban J connectivity index is 1.90. The van der Waals surface area contributed by atoms with E-state index in [2.05, 4.69) is 17.2 Å². The van der Waals surface area contributed by atoms with Gasteiger partial charge in [-0.2, -0.15) is 0 Å². The van der Waals surface area contributed by atoms with E-state index in [-0.39, 0.29) is 18.4 Å². The number of aryl methyl sites for hydroxylation is 1. The normalized spacial score (nSPS) is 9.62.